The maximum Gasteiger partial charge on any atom is 0.320 e. The summed E-state index contributed by atoms with van der Waals surface area (Å²) < 4.78 is 6.17. The average molecular weight is 440 g/mol. The molecule has 0 spiro atoms. The SMILES string of the molecule is O=C1N(CCCCN2CCC(c3ccccc3OC3CC3)CC2)CCN1C1CCCCC1. The van der Waals surface area contributed by atoms with Gasteiger partial charge in [0.25, 0.3) is 0 Å². The van der Waals surface area contributed by atoms with Crippen LogP contribution in [0, 0.1) is 0 Å². The van der Waals surface area contributed by atoms with Crippen molar-refractivity contribution in [3.05, 3.63) is 29.8 Å². The predicted molar refractivity (Wildman–Crippen MR) is 128 cm³/mol. The molecule has 2 aliphatic heterocycles. The number of hydrogen-bond acceptors (Lipinski definition) is 3. The van der Waals surface area contributed by atoms with E-state index in [4.69, 9.17) is 4.74 Å². The van der Waals surface area contributed by atoms with Crippen LogP contribution in [0.4, 0.5) is 4.79 Å². The molecule has 5 heteroatoms. The van der Waals surface area contributed by atoms with Crippen LogP contribution < -0.4 is 4.74 Å². The lowest BCUT2D eigenvalue weighted by Gasteiger charge is -2.33. The van der Waals surface area contributed by atoms with Gasteiger partial charge in [0.1, 0.15) is 5.75 Å². The lowest BCUT2D eigenvalue weighted by atomic mass is 9.88. The number of piperidine rings is 1. The van der Waals surface area contributed by atoms with Crippen LogP contribution in [0.5, 0.6) is 5.75 Å². The van der Waals surface area contributed by atoms with E-state index in [9.17, 15) is 4.79 Å². The molecule has 0 unspecified atom stereocenters. The van der Waals surface area contributed by atoms with Gasteiger partial charge in [-0.3, -0.25) is 0 Å². The van der Waals surface area contributed by atoms with E-state index in [2.05, 4.69) is 39.0 Å². The number of urea groups is 1. The van der Waals surface area contributed by atoms with E-state index in [0.29, 0.717) is 24.1 Å². The zero-order valence-corrected chi connectivity index (χ0v) is 19.7. The number of amides is 2. The number of hydrogen-bond donors (Lipinski definition) is 0. The molecule has 0 aromatic heterocycles. The molecule has 1 aromatic carbocycles. The second kappa shape index (κ2) is 10.5. The Hall–Kier alpha value is -1.75. The lowest BCUT2D eigenvalue weighted by Crippen LogP contribution is -2.40. The van der Waals surface area contributed by atoms with Gasteiger partial charge in [0.05, 0.1) is 6.10 Å². The van der Waals surface area contributed by atoms with Gasteiger partial charge in [-0.25, -0.2) is 4.79 Å². The Bertz CT molecular complexity index is 751. The first-order chi connectivity index (χ1) is 15.8. The molecular weight excluding hydrogens is 398 g/mol. The molecule has 2 amide bonds. The second-order valence-corrected chi connectivity index (χ2v) is 10.4. The fourth-order valence-electron chi connectivity index (χ4n) is 5.94. The maximum absolute atomic E-state index is 12.8. The molecule has 2 saturated carbocycles. The van der Waals surface area contributed by atoms with Crippen LogP contribution in [0.3, 0.4) is 0 Å². The van der Waals surface area contributed by atoms with Crippen molar-refractivity contribution < 1.29 is 9.53 Å². The smallest absolute Gasteiger partial charge is 0.320 e. The van der Waals surface area contributed by atoms with Gasteiger partial charge in [0, 0.05) is 25.7 Å². The Kier molecular flexibility index (Phi) is 7.21. The monoisotopic (exact) mass is 439 g/mol. The number of carbonyl (C=O) groups excluding carboxylic acids is 1. The molecule has 2 aliphatic carbocycles. The Morgan fingerprint density at radius 1 is 0.812 bits per heavy atom. The standard InChI is InChI=1S/C27H41N3O2/c31-27-29(20-21-30(27)23-8-2-1-3-9-23)17-7-6-16-28-18-14-22(15-19-28)25-10-4-5-11-26(25)32-24-12-13-24/h4-5,10-11,22-24H,1-3,6-9,12-21H2. The minimum absolute atomic E-state index is 0.310. The number of benzene rings is 1. The van der Waals surface area contributed by atoms with Crippen molar-refractivity contribution in [2.24, 2.45) is 0 Å². The van der Waals surface area contributed by atoms with Crippen LogP contribution in [0.25, 0.3) is 0 Å². The minimum Gasteiger partial charge on any atom is -0.490 e. The van der Waals surface area contributed by atoms with Crippen molar-refractivity contribution in [2.75, 3.05) is 39.3 Å². The van der Waals surface area contributed by atoms with Gasteiger partial charge in [-0.15, -0.1) is 0 Å². The first kappa shape index (κ1) is 22.1. The zero-order valence-electron chi connectivity index (χ0n) is 19.7. The quantitative estimate of drug-likeness (QED) is 0.493. The van der Waals surface area contributed by atoms with Gasteiger partial charge in [0.2, 0.25) is 0 Å². The molecule has 4 fully saturated rings. The number of ether oxygens (including phenoxy) is 1. The molecule has 2 saturated heterocycles. The zero-order chi connectivity index (χ0) is 21.8. The van der Waals surface area contributed by atoms with E-state index in [1.807, 2.05) is 0 Å². The number of nitrogens with zero attached hydrogens (tertiary/aromatic N) is 3. The molecular formula is C27H41N3O2. The Balaban J connectivity index is 1.00. The molecule has 5 rings (SSSR count). The number of unbranched alkanes of at least 4 members (excludes halogenated alkanes) is 1. The summed E-state index contributed by atoms with van der Waals surface area (Å²) in [6, 6.07) is 9.54. The molecule has 32 heavy (non-hydrogen) atoms. The predicted octanol–water partition coefficient (Wildman–Crippen LogP) is 5.26. The van der Waals surface area contributed by atoms with E-state index < -0.39 is 0 Å². The third-order valence-corrected chi connectivity index (χ3v) is 8.06. The van der Waals surface area contributed by atoms with Crippen molar-refractivity contribution in [3.8, 4) is 5.75 Å². The molecule has 0 radical (unpaired) electrons. The molecule has 5 nitrogen and oxygen atoms in total. The topological polar surface area (TPSA) is 36.0 Å². The molecule has 176 valence electrons. The highest BCUT2D eigenvalue weighted by molar-refractivity contribution is 5.76. The molecule has 0 atom stereocenters. The summed E-state index contributed by atoms with van der Waals surface area (Å²) in [4.78, 5) is 19.7. The van der Waals surface area contributed by atoms with Gasteiger partial charge in [-0.2, -0.15) is 0 Å². The van der Waals surface area contributed by atoms with Gasteiger partial charge in [0.15, 0.2) is 0 Å². The van der Waals surface area contributed by atoms with Crippen molar-refractivity contribution >= 4 is 6.03 Å². The third kappa shape index (κ3) is 5.41. The fourth-order valence-corrected chi connectivity index (χ4v) is 5.94. The molecule has 4 aliphatic rings. The first-order valence-corrected chi connectivity index (χ1v) is 13.3. The summed E-state index contributed by atoms with van der Waals surface area (Å²) in [5, 5.41) is 0. The van der Waals surface area contributed by atoms with E-state index in [0.717, 1.165) is 31.8 Å². The fraction of sp³-hybridized carbons (Fsp3) is 0.741. The van der Waals surface area contributed by atoms with Crippen LogP contribution in [0.1, 0.15) is 82.1 Å². The number of rotatable bonds is 9. The molecule has 0 N–H and O–H groups in total. The molecule has 2 heterocycles. The van der Waals surface area contributed by atoms with E-state index in [1.165, 1.54) is 89.4 Å². The summed E-state index contributed by atoms with van der Waals surface area (Å²) in [7, 11) is 0. The van der Waals surface area contributed by atoms with Crippen LogP contribution in [0.15, 0.2) is 24.3 Å². The summed E-state index contributed by atoms with van der Waals surface area (Å²) in [6.07, 6.45) is 14.0. The van der Waals surface area contributed by atoms with Crippen LogP contribution in [-0.4, -0.2) is 72.1 Å². The highest BCUT2D eigenvalue weighted by Gasteiger charge is 2.33. The van der Waals surface area contributed by atoms with E-state index >= 15 is 0 Å². The summed E-state index contributed by atoms with van der Waals surface area (Å²) in [5.74, 6) is 1.76. The normalized spacial score (nSPS) is 23.8. The first-order valence-electron chi connectivity index (χ1n) is 13.3. The van der Waals surface area contributed by atoms with E-state index in [-0.39, 0.29) is 0 Å². The number of carbonyl (C=O) groups is 1. The lowest BCUT2D eigenvalue weighted by molar-refractivity contribution is 0.162. The maximum atomic E-state index is 12.8. The van der Waals surface area contributed by atoms with Gasteiger partial charge in [-0.05, 0) is 88.5 Å². The van der Waals surface area contributed by atoms with Crippen molar-refractivity contribution in [3.63, 3.8) is 0 Å². The minimum atomic E-state index is 0.310. The summed E-state index contributed by atoms with van der Waals surface area (Å²) >= 11 is 0. The number of para-hydroxylation sites is 1. The Morgan fingerprint density at radius 2 is 1.56 bits per heavy atom. The molecule has 0 bridgehead atoms. The third-order valence-electron chi connectivity index (χ3n) is 8.06. The highest BCUT2D eigenvalue weighted by atomic mass is 16.5. The van der Waals surface area contributed by atoms with Crippen LogP contribution in [-0.2, 0) is 0 Å². The number of likely N-dealkylation sites (tertiary alicyclic amines) is 1. The Morgan fingerprint density at radius 3 is 2.34 bits per heavy atom. The summed E-state index contributed by atoms with van der Waals surface area (Å²) in [6.45, 7) is 6.35. The van der Waals surface area contributed by atoms with Crippen molar-refractivity contribution in [2.45, 2.75) is 88.7 Å². The van der Waals surface area contributed by atoms with Gasteiger partial charge >= 0.3 is 6.03 Å². The highest BCUT2D eigenvalue weighted by Crippen LogP contribution is 2.37. The second-order valence-electron chi connectivity index (χ2n) is 10.4. The Labute approximate surface area is 194 Å². The van der Waals surface area contributed by atoms with Crippen LogP contribution in [0.2, 0.25) is 0 Å². The van der Waals surface area contributed by atoms with Gasteiger partial charge in [-0.1, -0.05) is 37.5 Å². The largest absolute Gasteiger partial charge is 0.490 e. The van der Waals surface area contributed by atoms with Crippen LogP contribution >= 0.6 is 0 Å². The molecule has 1 aromatic rings. The van der Waals surface area contributed by atoms with Crippen molar-refractivity contribution in [1.29, 1.82) is 0 Å². The van der Waals surface area contributed by atoms with Gasteiger partial charge < -0.3 is 19.4 Å². The van der Waals surface area contributed by atoms with E-state index in [1.54, 1.807) is 0 Å². The van der Waals surface area contributed by atoms with Crippen molar-refractivity contribution in [1.82, 2.24) is 14.7 Å². The summed E-state index contributed by atoms with van der Waals surface area (Å²) in [5.41, 5.74) is 1.43. The average Bonchev–Trinajstić information content (AvgIpc) is 3.58.